The third kappa shape index (κ3) is 6.11. The highest BCUT2D eigenvalue weighted by Crippen LogP contribution is 2.36. The fraction of sp³-hybridized carbons (Fsp3) is 0.353. The fourth-order valence-electron chi connectivity index (χ4n) is 6.12. The summed E-state index contributed by atoms with van der Waals surface area (Å²) in [6.45, 7) is 0.342. The van der Waals surface area contributed by atoms with Gasteiger partial charge in [0.25, 0.3) is 0 Å². The molecule has 4 aromatic rings. The number of methoxy groups -OCH3 is 2. The molecule has 224 valence electrons. The van der Waals surface area contributed by atoms with Crippen molar-refractivity contribution in [2.45, 2.75) is 57.2 Å². The molecule has 0 unspecified atom stereocenters. The largest absolute Gasteiger partial charge is 0.493 e. The van der Waals surface area contributed by atoms with Crippen LogP contribution in [0.25, 0.3) is 10.9 Å². The molecule has 6 rings (SSSR count). The molecule has 2 N–H and O–H groups in total. The number of aromatic amines is 1. The number of ether oxygens (including phenoxy) is 4. The summed E-state index contributed by atoms with van der Waals surface area (Å²) in [5.41, 5.74) is 3.29. The molecule has 0 spiro atoms. The molecule has 1 aliphatic carbocycles. The van der Waals surface area contributed by atoms with Gasteiger partial charge in [0.2, 0.25) is 18.6 Å². The third-order valence-corrected chi connectivity index (χ3v) is 8.36. The summed E-state index contributed by atoms with van der Waals surface area (Å²) in [6.07, 6.45) is 7.17. The van der Waals surface area contributed by atoms with Crippen LogP contribution in [0.3, 0.4) is 0 Å². The molecule has 1 aromatic heterocycles. The highest BCUT2D eigenvalue weighted by atomic mass is 16.7. The topological polar surface area (TPSA) is 102 Å². The van der Waals surface area contributed by atoms with E-state index in [1.807, 2.05) is 54.7 Å². The lowest BCUT2D eigenvalue weighted by molar-refractivity contribution is -0.141. The molecule has 2 aliphatic rings. The van der Waals surface area contributed by atoms with Crippen molar-refractivity contribution in [1.82, 2.24) is 15.2 Å². The van der Waals surface area contributed by atoms with Crippen LogP contribution in [0.1, 0.15) is 54.8 Å². The molecule has 1 aliphatic heterocycles. The summed E-state index contributed by atoms with van der Waals surface area (Å²) in [5.74, 6) is 1.92. The molecular weight excluding hydrogens is 546 g/mol. The first-order valence-corrected chi connectivity index (χ1v) is 14.8. The third-order valence-electron chi connectivity index (χ3n) is 8.36. The van der Waals surface area contributed by atoms with Gasteiger partial charge in [0, 0.05) is 29.7 Å². The second-order valence-electron chi connectivity index (χ2n) is 11.1. The van der Waals surface area contributed by atoms with Crippen molar-refractivity contribution >= 4 is 22.7 Å². The first-order valence-electron chi connectivity index (χ1n) is 14.8. The minimum Gasteiger partial charge on any atom is -0.493 e. The van der Waals surface area contributed by atoms with Crippen molar-refractivity contribution in [2.24, 2.45) is 0 Å². The van der Waals surface area contributed by atoms with Gasteiger partial charge >= 0.3 is 0 Å². The average molecular weight is 584 g/mol. The summed E-state index contributed by atoms with van der Waals surface area (Å²) in [4.78, 5) is 33.6. The lowest BCUT2D eigenvalue weighted by Gasteiger charge is -2.34. The monoisotopic (exact) mass is 583 g/mol. The predicted molar refractivity (Wildman–Crippen MR) is 162 cm³/mol. The summed E-state index contributed by atoms with van der Waals surface area (Å²) in [5, 5.41) is 4.26. The van der Waals surface area contributed by atoms with E-state index in [2.05, 4.69) is 10.3 Å². The standard InChI is InChI=1S/C34H37N3O6/c1-40-28-15-13-23(17-30(28)41-2)33(34(39)36-25-8-4-3-5-9-25)37(20-22-12-14-29-31(16-22)43-21-42-29)32(38)18-24-19-35-27-11-7-6-10-26(24)27/h6-7,10-17,19,25,33,35H,3-5,8-9,18,20-21H2,1-2H3,(H,36,39)/t33-/m0/s1. The Labute approximate surface area is 251 Å². The quantitative estimate of drug-likeness (QED) is 0.249. The Morgan fingerprint density at radius 3 is 2.56 bits per heavy atom. The minimum atomic E-state index is -0.912. The Morgan fingerprint density at radius 2 is 1.74 bits per heavy atom. The fourth-order valence-corrected chi connectivity index (χ4v) is 6.12. The first kappa shape index (κ1) is 28.5. The number of rotatable bonds is 10. The molecule has 0 radical (unpaired) electrons. The van der Waals surface area contributed by atoms with E-state index in [1.54, 1.807) is 31.3 Å². The molecule has 1 atom stereocenters. The molecule has 0 bridgehead atoms. The van der Waals surface area contributed by atoms with E-state index in [0.29, 0.717) is 28.6 Å². The van der Waals surface area contributed by atoms with Crippen molar-refractivity contribution in [3.63, 3.8) is 0 Å². The number of hydrogen-bond donors (Lipinski definition) is 2. The van der Waals surface area contributed by atoms with Gasteiger partial charge in [0.05, 0.1) is 20.6 Å². The smallest absolute Gasteiger partial charge is 0.247 e. The van der Waals surface area contributed by atoms with E-state index in [4.69, 9.17) is 18.9 Å². The number of fused-ring (bicyclic) bond motifs is 2. The van der Waals surface area contributed by atoms with Gasteiger partial charge in [0.15, 0.2) is 23.0 Å². The van der Waals surface area contributed by atoms with Crippen LogP contribution in [-0.2, 0) is 22.6 Å². The number of carbonyl (C=O) groups is 2. The second-order valence-corrected chi connectivity index (χ2v) is 11.1. The zero-order valence-electron chi connectivity index (χ0n) is 24.6. The summed E-state index contributed by atoms with van der Waals surface area (Å²) in [7, 11) is 3.13. The van der Waals surface area contributed by atoms with Gasteiger partial charge in [-0.05, 0) is 59.9 Å². The van der Waals surface area contributed by atoms with Crippen molar-refractivity contribution in [1.29, 1.82) is 0 Å². The number of nitrogens with zero attached hydrogens (tertiary/aromatic N) is 1. The number of para-hydroxylation sites is 1. The number of aromatic nitrogens is 1. The van der Waals surface area contributed by atoms with Gasteiger partial charge in [-0.3, -0.25) is 9.59 Å². The van der Waals surface area contributed by atoms with Gasteiger partial charge < -0.3 is 34.1 Å². The first-order chi connectivity index (χ1) is 21.0. The van der Waals surface area contributed by atoms with E-state index < -0.39 is 6.04 Å². The van der Waals surface area contributed by atoms with Gasteiger partial charge in [-0.2, -0.15) is 0 Å². The summed E-state index contributed by atoms with van der Waals surface area (Å²) in [6, 6.07) is 18.1. The van der Waals surface area contributed by atoms with Crippen LogP contribution in [0.4, 0.5) is 0 Å². The van der Waals surface area contributed by atoms with Crippen molar-refractivity contribution in [2.75, 3.05) is 21.0 Å². The zero-order chi connectivity index (χ0) is 29.8. The van der Waals surface area contributed by atoms with Crippen LogP contribution in [-0.4, -0.2) is 48.8 Å². The molecule has 1 saturated carbocycles. The van der Waals surface area contributed by atoms with Crippen LogP contribution >= 0.6 is 0 Å². The van der Waals surface area contributed by atoms with E-state index in [0.717, 1.165) is 47.7 Å². The van der Waals surface area contributed by atoms with E-state index in [-0.39, 0.29) is 37.6 Å². The Hall–Kier alpha value is -4.66. The SMILES string of the molecule is COc1ccc([C@@H](C(=O)NC2CCCCC2)N(Cc2ccc3c(c2)OCO3)C(=O)Cc2c[nH]c3ccccc23)cc1OC. The zero-order valence-corrected chi connectivity index (χ0v) is 24.6. The van der Waals surface area contributed by atoms with E-state index in [1.165, 1.54) is 6.42 Å². The second kappa shape index (κ2) is 12.7. The maximum Gasteiger partial charge on any atom is 0.247 e. The number of nitrogens with one attached hydrogen (secondary N) is 2. The van der Waals surface area contributed by atoms with E-state index >= 15 is 0 Å². The molecule has 9 heteroatoms. The summed E-state index contributed by atoms with van der Waals surface area (Å²) >= 11 is 0. The van der Waals surface area contributed by atoms with Crippen LogP contribution in [0.2, 0.25) is 0 Å². The lowest BCUT2D eigenvalue weighted by Crippen LogP contribution is -2.47. The molecule has 0 saturated heterocycles. The van der Waals surface area contributed by atoms with Gasteiger partial charge in [0.1, 0.15) is 6.04 Å². The summed E-state index contributed by atoms with van der Waals surface area (Å²) < 4.78 is 22.2. The average Bonchev–Trinajstić information content (AvgIpc) is 3.68. The normalized spacial score (nSPS) is 15.2. The molecular formula is C34H37N3O6. The van der Waals surface area contributed by atoms with Gasteiger partial charge in [-0.25, -0.2) is 0 Å². The van der Waals surface area contributed by atoms with Crippen LogP contribution in [0.5, 0.6) is 23.0 Å². The van der Waals surface area contributed by atoms with Crippen LogP contribution < -0.4 is 24.3 Å². The lowest BCUT2D eigenvalue weighted by atomic mass is 9.94. The maximum absolute atomic E-state index is 14.4. The molecule has 2 heterocycles. The predicted octanol–water partition coefficient (Wildman–Crippen LogP) is 5.68. The number of amides is 2. The molecule has 1 fully saturated rings. The molecule has 2 amide bonds. The molecule has 3 aromatic carbocycles. The number of benzene rings is 3. The van der Waals surface area contributed by atoms with Crippen LogP contribution in [0.15, 0.2) is 66.9 Å². The Balaban J connectivity index is 1.41. The van der Waals surface area contributed by atoms with Gasteiger partial charge in [-0.15, -0.1) is 0 Å². The molecule has 43 heavy (non-hydrogen) atoms. The number of hydrogen-bond acceptors (Lipinski definition) is 6. The molecule has 9 nitrogen and oxygen atoms in total. The number of carbonyl (C=O) groups excluding carboxylic acids is 2. The Bertz CT molecular complexity index is 1610. The van der Waals surface area contributed by atoms with Crippen molar-refractivity contribution < 1.29 is 28.5 Å². The van der Waals surface area contributed by atoms with Crippen molar-refractivity contribution in [3.8, 4) is 23.0 Å². The highest BCUT2D eigenvalue weighted by Gasteiger charge is 2.34. The maximum atomic E-state index is 14.4. The Kier molecular flexibility index (Phi) is 8.40. The van der Waals surface area contributed by atoms with E-state index in [9.17, 15) is 9.59 Å². The van der Waals surface area contributed by atoms with Crippen molar-refractivity contribution in [3.05, 3.63) is 83.6 Å². The number of H-pyrrole nitrogens is 1. The Morgan fingerprint density at radius 1 is 0.953 bits per heavy atom. The van der Waals surface area contributed by atoms with Gasteiger partial charge in [-0.1, -0.05) is 49.6 Å². The highest BCUT2D eigenvalue weighted by molar-refractivity contribution is 5.92. The minimum absolute atomic E-state index is 0.0695. The van der Waals surface area contributed by atoms with Crippen LogP contribution in [0, 0.1) is 0 Å².